The molecule has 20 heteroatoms. The molecule has 4 aromatic rings. The highest BCUT2D eigenvalue weighted by atomic mass is 19.4. The zero-order chi connectivity index (χ0) is 45.9. The first-order valence-corrected chi connectivity index (χ1v) is 19.5. The molecule has 338 valence electrons. The minimum Gasteiger partial charge on any atom is -0.482 e. The van der Waals surface area contributed by atoms with Gasteiger partial charge in [-0.3, -0.25) is 14.3 Å². The van der Waals surface area contributed by atoms with Gasteiger partial charge in [-0.2, -0.15) is 26.3 Å². The molecular weight excluding hydrogens is 835 g/mol. The summed E-state index contributed by atoms with van der Waals surface area (Å²) in [6.45, 7) is 9.87. The minimum atomic E-state index is -5.04. The van der Waals surface area contributed by atoms with E-state index in [1.165, 1.54) is 25.1 Å². The molecule has 13 nitrogen and oxygen atoms in total. The molecule has 0 aliphatic carbocycles. The van der Waals surface area contributed by atoms with Crippen LogP contribution in [0.15, 0.2) is 68.6 Å². The van der Waals surface area contributed by atoms with Crippen LogP contribution in [0.25, 0.3) is 0 Å². The maximum atomic E-state index is 15.4. The number of furan rings is 1. The second-order valence-electron chi connectivity index (χ2n) is 16.6. The van der Waals surface area contributed by atoms with Crippen molar-refractivity contribution in [1.82, 2.24) is 19.4 Å². The van der Waals surface area contributed by atoms with Gasteiger partial charge in [0, 0.05) is 43.9 Å². The summed E-state index contributed by atoms with van der Waals surface area (Å²) >= 11 is 0. The Bertz CT molecular complexity index is 2370. The van der Waals surface area contributed by atoms with Crippen molar-refractivity contribution in [2.24, 2.45) is 0 Å². The van der Waals surface area contributed by atoms with Crippen molar-refractivity contribution in [2.75, 3.05) is 37.7 Å². The number of amides is 1. The highest BCUT2D eigenvalue weighted by Gasteiger charge is 2.37. The summed E-state index contributed by atoms with van der Waals surface area (Å²) in [7, 11) is 0. The first-order valence-electron chi connectivity index (χ1n) is 19.5. The van der Waals surface area contributed by atoms with E-state index in [1.54, 1.807) is 63.5 Å². The zero-order valence-electron chi connectivity index (χ0n) is 35.1. The van der Waals surface area contributed by atoms with Gasteiger partial charge in [0.15, 0.2) is 6.61 Å². The first-order chi connectivity index (χ1) is 28.7. The molecule has 62 heavy (non-hydrogen) atoms. The smallest absolute Gasteiger partial charge is 0.449 e. The van der Waals surface area contributed by atoms with Crippen molar-refractivity contribution in [3.8, 4) is 5.75 Å². The SMILES string of the molecule is Cc1c(N2CCN(Cc3ccc(C(F)(F)F)o3)CC2)c(=O)n([C@H](Cc2ccccc2OCC(=O)OC(C)(C)C)NC(=O)OC(C)(C)C)c(=O)n1Cc1c(F)cccc1C(F)(F)F. The molecular formula is C42H48F7N5O8. The van der Waals surface area contributed by atoms with Gasteiger partial charge in [0.2, 0.25) is 5.76 Å². The lowest BCUT2D eigenvalue weighted by molar-refractivity contribution is -0.157. The van der Waals surface area contributed by atoms with Crippen LogP contribution in [0.1, 0.15) is 81.6 Å². The summed E-state index contributed by atoms with van der Waals surface area (Å²) in [5.74, 6) is -3.01. The molecule has 0 spiro atoms. The van der Waals surface area contributed by atoms with Gasteiger partial charge in [0.25, 0.3) is 5.56 Å². The number of rotatable bonds is 12. The maximum Gasteiger partial charge on any atom is 0.449 e. The maximum absolute atomic E-state index is 15.4. The van der Waals surface area contributed by atoms with Gasteiger partial charge in [-0.15, -0.1) is 0 Å². The summed E-state index contributed by atoms with van der Waals surface area (Å²) in [4.78, 5) is 58.9. The fraction of sp³-hybridized carbons (Fsp3) is 0.476. The molecule has 1 amide bonds. The van der Waals surface area contributed by atoms with Crippen LogP contribution in [0.4, 0.5) is 41.2 Å². The average molecular weight is 884 g/mol. The molecule has 1 fully saturated rings. The number of anilines is 1. The van der Waals surface area contributed by atoms with E-state index in [4.69, 9.17) is 18.6 Å². The Morgan fingerprint density at radius 1 is 0.806 bits per heavy atom. The van der Waals surface area contributed by atoms with E-state index >= 15 is 4.39 Å². The highest BCUT2D eigenvalue weighted by Crippen LogP contribution is 2.34. The number of alkyl carbamates (subject to hydrolysis) is 1. The lowest BCUT2D eigenvalue weighted by atomic mass is 10.1. The summed E-state index contributed by atoms with van der Waals surface area (Å²) in [6.07, 6.45) is -12.8. The fourth-order valence-electron chi connectivity index (χ4n) is 6.87. The van der Waals surface area contributed by atoms with Crippen LogP contribution in [-0.4, -0.2) is 70.1 Å². The number of benzene rings is 2. The van der Waals surface area contributed by atoms with Gasteiger partial charge in [-0.05, 0) is 84.4 Å². The van der Waals surface area contributed by atoms with Gasteiger partial charge < -0.3 is 28.8 Å². The molecule has 2 aromatic carbocycles. The predicted octanol–water partition coefficient (Wildman–Crippen LogP) is 7.45. The van der Waals surface area contributed by atoms with Crippen LogP contribution in [0, 0.1) is 12.7 Å². The number of hydrogen-bond donors (Lipinski definition) is 1. The minimum absolute atomic E-state index is 0.0164. The largest absolute Gasteiger partial charge is 0.482 e. The molecule has 3 heterocycles. The Hall–Kier alpha value is -5.79. The van der Waals surface area contributed by atoms with Crippen molar-refractivity contribution in [3.05, 3.63) is 115 Å². The van der Waals surface area contributed by atoms with E-state index in [0.717, 1.165) is 22.8 Å². The highest BCUT2D eigenvalue weighted by molar-refractivity contribution is 5.71. The quantitative estimate of drug-likeness (QED) is 0.113. The predicted molar refractivity (Wildman–Crippen MR) is 211 cm³/mol. The van der Waals surface area contributed by atoms with Crippen LogP contribution in [-0.2, 0) is 46.1 Å². The number of para-hydroxylation sites is 1. The van der Waals surface area contributed by atoms with Gasteiger partial charge in [0.1, 0.15) is 40.4 Å². The van der Waals surface area contributed by atoms with E-state index < -0.39 is 88.9 Å². The Labute approximate surface area is 351 Å². The number of nitrogens with zero attached hydrogens (tertiary/aromatic N) is 4. The normalized spacial score (nSPS) is 14.7. The number of carbonyl (C=O) groups is 2. The van der Waals surface area contributed by atoms with Crippen LogP contribution >= 0.6 is 0 Å². The number of alkyl halides is 6. The lowest BCUT2D eigenvalue weighted by Crippen LogP contribution is -2.54. The second-order valence-corrected chi connectivity index (χ2v) is 16.6. The number of aromatic nitrogens is 2. The van der Waals surface area contributed by atoms with Crippen LogP contribution in [0.5, 0.6) is 5.75 Å². The van der Waals surface area contributed by atoms with Crippen molar-refractivity contribution in [3.63, 3.8) is 0 Å². The fourth-order valence-corrected chi connectivity index (χ4v) is 6.87. The van der Waals surface area contributed by atoms with Gasteiger partial charge in [-0.1, -0.05) is 24.3 Å². The number of piperazine rings is 1. The Morgan fingerprint density at radius 3 is 2.05 bits per heavy atom. The van der Waals surface area contributed by atoms with Crippen LogP contribution in [0.2, 0.25) is 0 Å². The van der Waals surface area contributed by atoms with E-state index in [-0.39, 0.29) is 67.6 Å². The van der Waals surface area contributed by atoms with Gasteiger partial charge in [-0.25, -0.2) is 23.3 Å². The third kappa shape index (κ3) is 12.0. The molecule has 0 unspecified atom stereocenters. The van der Waals surface area contributed by atoms with Crippen molar-refractivity contribution in [2.45, 2.75) is 97.7 Å². The Balaban J connectivity index is 1.62. The molecule has 5 rings (SSSR count). The van der Waals surface area contributed by atoms with Crippen molar-refractivity contribution in [1.29, 1.82) is 0 Å². The number of hydrogen-bond acceptors (Lipinski definition) is 10. The number of ether oxygens (including phenoxy) is 3. The molecule has 0 radical (unpaired) electrons. The zero-order valence-corrected chi connectivity index (χ0v) is 35.1. The molecule has 2 aromatic heterocycles. The van der Waals surface area contributed by atoms with Crippen molar-refractivity contribution >= 4 is 17.7 Å². The van der Waals surface area contributed by atoms with Gasteiger partial charge >= 0.3 is 30.1 Å². The summed E-state index contributed by atoms with van der Waals surface area (Å²) in [5.41, 5.74) is -6.36. The molecule has 1 atom stereocenters. The molecule has 0 saturated carbocycles. The van der Waals surface area contributed by atoms with E-state index in [1.807, 2.05) is 0 Å². The number of esters is 1. The van der Waals surface area contributed by atoms with E-state index in [9.17, 15) is 45.5 Å². The van der Waals surface area contributed by atoms with E-state index in [0.29, 0.717) is 10.6 Å². The molecule has 0 bridgehead atoms. The first kappa shape index (κ1) is 47.3. The molecule has 1 aliphatic heterocycles. The summed E-state index contributed by atoms with van der Waals surface area (Å²) in [6, 6.07) is 10.6. The summed E-state index contributed by atoms with van der Waals surface area (Å²) < 4.78 is 121. The van der Waals surface area contributed by atoms with Crippen molar-refractivity contribution < 1.29 is 58.9 Å². The lowest BCUT2D eigenvalue weighted by Gasteiger charge is -2.37. The Kier molecular flexibility index (Phi) is 13.9. The monoisotopic (exact) mass is 883 g/mol. The average Bonchev–Trinajstić information content (AvgIpc) is 3.62. The number of halogens is 7. The third-order valence-electron chi connectivity index (χ3n) is 9.50. The topological polar surface area (TPSA) is 137 Å². The standard InChI is InChI=1S/C42H48F7N5O8/c1-25-35(52-19-17-51(18-20-52)22-27-15-16-32(60-27)42(47,48)49)36(56)54(38(58)53(25)23-28-29(41(44,45)46)12-10-13-30(28)43)33(50-37(57)62-40(5,6)7)21-26-11-8-9-14-31(26)59-24-34(55)61-39(2,3)4/h8-16,33H,17-24H2,1-7H3,(H,50,57)/t33-/m1/s1. The molecule has 1 aliphatic rings. The summed E-state index contributed by atoms with van der Waals surface area (Å²) in [5, 5.41) is 2.55. The Morgan fingerprint density at radius 2 is 1.45 bits per heavy atom. The van der Waals surface area contributed by atoms with E-state index in [2.05, 4.69) is 5.32 Å². The number of nitrogens with one attached hydrogen (secondary N) is 1. The number of carbonyl (C=O) groups excluding carboxylic acids is 2. The second kappa shape index (κ2) is 18.3. The van der Waals surface area contributed by atoms with Gasteiger partial charge in [0.05, 0.1) is 18.7 Å². The third-order valence-corrected chi connectivity index (χ3v) is 9.50. The molecule has 1 N–H and O–H groups in total. The van der Waals surface area contributed by atoms with Crippen LogP contribution < -0.4 is 26.2 Å². The van der Waals surface area contributed by atoms with Crippen LogP contribution in [0.3, 0.4) is 0 Å². The molecule has 1 saturated heterocycles.